The van der Waals surface area contributed by atoms with E-state index >= 15 is 0 Å². The number of piperidine rings is 3. The van der Waals surface area contributed by atoms with Crippen LogP contribution in [0.4, 0.5) is 0 Å². The second-order valence-corrected chi connectivity index (χ2v) is 7.71. The maximum absolute atomic E-state index is 12.4. The predicted molar refractivity (Wildman–Crippen MR) is 90.2 cm³/mol. The third-order valence-corrected chi connectivity index (χ3v) is 5.84. The summed E-state index contributed by atoms with van der Waals surface area (Å²) in [5.41, 5.74) is -0.204. The first kappa shape index (κ1) is 17.4. The van der Waals surface area contributed by atoms with Crippen molar-refractivity contribution in [3.8, 4) is 0 Å². The number of hydrogen-bond acceptors (Lipinski definition) is 4. The van der Waals surface area contributed by atoms with E-state index in [1.54, 1.807) is 0 Å². The van der Waals surface area contributed by atoms with Crippen molar-refractivity contribution in [1.29, 1.82) is 0 Å². The van der Waals surface area contributed by atoms with Gasteiger partial charge in [0.25, 0.3) is 0 Å². The molecule has 3 saturated heterocycles. The molecule has 3 fully saturated rings. The number of rotatable bonds is 4. The van der Waals surface area contributed by atoms with E-state index in [2.05, 4.69) is 10.2 Å². The van der Waals surface area contributed by atoms with E-state index < -0.39 is 0 Å². The fourth-order valence-corrected chi connectivity index (χ4v) is 4.37. The topological polar surface area (TPSA) is 69.7 Å². The molecule has 0 aromatic rings. The second-order valence-electron chi connectivity index (χ2n) is 7.71. The largest absolute Gasteiger partial charge is 0.343 e. The number of likely N-dealkylation sites (tertiary alicyclic amines) is 2. The molecule has 0 atom stereocenters. The third-order valence-electron chi connectivity index (χ3n) is 5.84. The normalized spacial score (nSPS) is 24.9. The molecule has 3 amide bonds. The van der Waals surface area contributed by atoms with E-state index in [1.165, 1.54) is 32.4 Å². The maximum Gasteiger partial charge on any atom is 0.227 e. The Bertz CT molecular complexity index is 474. The van der Waals surface area contributed by atoms with Crippen molar-refractivity contribution in [2.45, 2.75) is 57.8 Å². The highest BCUT2D eigenvalue weighted by atomic mass is 16.2. The van der Waals surface area contributed by atoms with Crippen molar-refractivity contribution in [3.05, 3.63) is 0 Å². The Balaban J connectivity index is 1.40. The van der Waals surface area contributed by atoms with E-state index in [1.807, 2.05) is 4.90 Å². The monoisotopic (exact) mass is 335 g/mol. The standard InChI is InChI=1S/C18H29N3O3/c22-15-13-18(14-16(23)19-15)6-11-21(12-7-18)17(24)5-4-10-20-8-2-1-3-9-20/h1-14H2,(H,19,22,23). The number of nitrogens with zero attached hydrogens (tertiary/aromatic N) is 2. The number of nitrogens with one attached hydrogen (secondary N) is 1. The molecule has 134 valence electrons. The molecule has 0 saturated carbocycles. The lowest BCUT2D eigenvalue weighted by molar-refractivity contribution is -0.141. The van der Waals surface area contributed by atoms with Gasteiger partial charge in [-0.05, 0) is 57.2 Å². The van der Waals surface area contributed by atoms with E-state index in [4.69, 9.17) is 0 Å². The van der Waals surface area contributed by atoms with Crippen molar-refractivity contribution in [3.63, 3.8) is 0 Å². The average Bonchev–Trinajstić information content (AvgIpc) is 2.55. The van der Waals surface area contributed by atoms with E-state index in [9.17, 15) is 14.4 Å². The molecule has 3 aliphatic heterocycles. The van der Waals surface area contributed by atoms with E-state index in [0.717, 1.165) is 25.8 Å². The van der Waals surface area contributed by atoms with Crippen LogP contribution in [0.2, 0.25) is 0 Å². The van der Waals surface area contributed by atoms with Crippen molar-refractivity contribution >= 4 is 17.7 Å². The minimum atomic E-state index is -0.204. The number of hydrogen-bond donors (Lipinski definition) is 1. The molecule has 0 radical (unpaired) electrons. The van der Waals surface area contributed by atoms with Crippen molar-refractivity contribution in [2.24, 2.45) is 5.41 Å². The third kappa shape index (κ3) is 4.35. The molecule has 3 aliphatic rings. The van der Waals surface area contributed by atoms with Gasteiger partial charge in [0.05, 0.1) is 0 Å². The van der Waals surface area contributed by atoms with Crippen LogP contribution in [0, 0.1) is 5.41 Å². The van der Waals surface area contributed by atoms with Crippen LogP contribution < -0.4 is 5.32 Å². The summed E-state index contributed by atoms with van der Waals surface area (Å²) in [6.45, 7) is 4.75. The van der Waals surface area contributed by atoms with E-state index in [-0.39, 0.29) is 23.1 Å². The van der Waals surface area contributed by atoms with Gasteiger partial charge in [-0.25, -0.2) is 0 Å². The molecular weight excluding hydrogens is 306 g/mol. The van der Waals surface area contributed by atoms with Gasteiger partial charge in [-0.3, -0.25) is 19.7 Å². The fraction of sp³-hybridized carbons (Fsp3) is 0.833. The molecule has 24 heavy (non-hydrogen) atoms. The Hall–Kier alpha value is -1.43. The number of carbonyl (C=O) groups is 3. The first-order chi connectivity index (χ1) is 11.6. The molecule has 0 aromatic heterocycles. The van der Waals surface area contributed by atoms with Gasteiger partial charge in [-0.15, -0.1) is 0 Å². The predicted octanol–water partition coefficient (Wildman–Crippen LogP) is 1.30. The highest BCUT2D eigenvalue weighted by Gasteiger charge is 2.42. The molecule has 1 spiro atoms. The molecule has 6 nitrogen and oxygen atoms in total. The number of imide groups is 1. The summed E-state index contributed by atoms with van der Waals surface area (Å²) in [4.78, 5) is 40.1. The van der Waals surface area contributed by atoms with E-state index in [0.29, 0.717) is 32.4 Å². The van der Waals surface area contributed by atoms with Crippen LogP contribution in [0.3, 0.4) is 0 Å². The summed E-state index contributed by atoms with van der Waals surface area (Å²) < 4.78 is 0. The summed E-state index contributed by atoms with van der Waals surface area (Å²) in [7, 11) is 0. The van der Waals surface area contributed by atoms with Crippen LogP contribution in [-0.4, -0.2) is 60.2 Å². The maximum atomic E-state index is 12.4. The van der Waals surface area contributed by atoms with Crippen molar-refractivity contribution < 1.29 is 14.4 Å². The van der Waals surface area contributed by atoms with Crippen LogP contribution in [0.15, 0.2) is 0 Å². The molecule has 0 aliphatic carbocycles. The average molecular weight is 335 g/mol. The lowest BCUT2D eigenvalue weighted by Gasteiger charge is -2.43. The van der Waals surface area contributed by atoms with Crippen LogP contribution >= 0.6 is 0 Å². The van der Waals surface area contributed by atoms with Gasteiger partial charge in [0, 0.05) is 32.4 Å². The van der Waals surface area contributed by atoms with Gasteiger partial charge in [-0.2, -0.15) is 0 Å². The molecule has 0 bridgehead atoms. The molecule has 1 N–H and O–H groups in total. The Labute approximate surface area is 143 Å². The van der Waals surface area contributed by atoms with Crippen LogP contribution in [0.5, 0.6) is 0 Å². The number of amides is 3. The van der Waals surface area contributed by atoms with Gasteiger partial charge in [0.1, 0.15) is 0 Å². The highest BCUT2D eigenvalue weighted by molar-refractivity contribution is 5.98. The zero-order valence-electron chi connectivity index (χ0n) is 14.5. The lowest BCUT2D eigenvalue weighted by atomic mass is 9.71. The molecular formula is C18H29N3O3. The van der Waals surface area contributed by atoms with Gasteiger partial charge in [0.15, 0.2) is 0 Å². The first-order valence-electron chi connectivity index (χ1n) is 9.39. The summed E-state index contributed by atoms with van der Waals surface area (Å²) in [6, 6.07) is 0. The van der Waals surface area contributed by atoms with Gasteiger partial charge >= 0.3 is 0 Å². The Kier molecular flexibility index (Phi) is 5.54. The summed E-state index contributed by atoms with van der Waals surface area (Å²) in [5.74, 6) is -0.0893. The second kappa shape index (κ2) is 7.64. The summed E-state index contributed by atoms with van der Waals surface area (Å²) >= 11 is 0. The van der Waals surface area contributed by atoms with Gasteiger partial charge in [0.2, 0.25) is 17.7 Å². The highest BCUT2D eigenvalue weighted by Crippen LogP contribution is 2.40. The summed E-state index contributed by atoms with van der Waals surface area (Å²) in [6.07, 6.45) is 7.85. The molecule has 0 unspecified atom stereocenters. The van der Waals surface area contributed by atoms with Crippen molar-refractivity contribution in [2.75, 3.05) is 32.7 Å². The fourth-order valence-electron chi connectivity index (χ4n) is 4.37. The van der Waals surface area contributed by atoms with Gasteiger partial charge in [-0.1, -0.05) is 6.42 Å². The lowest BCUT2D eigenvalue weighted by Crippen LogP contribution is -2.50. The van der Waals surface area contributed by atoms with Crippen LogP contribution in [-0.2, 0) is 14.4 Å². The quantitative estimate of drug-likeness (QED) is 0.786. The molecule has 6 heteroatoms. The SMILES string of the molecule is O=C1CC2(CCN(C(=O)CCCN3CCCCC3)CC2)CC(=O)N1. The van der Waals surface area contributed by atoms with Gasteiger partial charge < -0.3 is 9.80 Å². The Morgan fingerprint density at radius 2 is 1.58 bits per heavy atom. The zero-order valence-corrected chi connectivity index (χ0v) is 14.5. The Morgan fingerprint density at radius 1 is 0.958 bits per heavy atom. The first-order valence-corrected chi connectivity index (χ1v) is 9.39. The smallest absolute Gasteiger partial charge is 0.227 e. The molecule has 3 heterocycles. The number of carbonyl (C=O) groups excluding carboxylic acids is 3. The minimum Gasteiger partial charge on any atom is -0.343 e. The minimum absolute atomic E-state index is 0.160. The molecule has 0 aromatic carbocycles. The van der Waals surface area contributed by atoms with Crippen molar-refractivity contribution in [1.82, 2.24) is 15.1 Å². The van der Waals surface area contributed by atoms with Crippen LogP contribution in [0.25, 0.3) is 0 Å². The zero-order chi connectivity index (χ0) is 17.0. The molecule has 3 rings (SSSR count). The Morgan fingerprint density at radius 3 is 2.21 bits per heavy atom. The summed E-state index contributed by atoms with van der Waals surface area (Å²) in [5, 5.41) is 2.38. The van der Waals surface area contributed by atoms with Crippen LogP contribution in [0.1, 0.15) is 57.8 Å².